The number of hydrogen-bond donors (Lipinski definition) is 1. The van der Waals surface area contributed by atoms with Gasteiger partial charge in [-0.15, -0.1) is 0 Å². The van der Waals surface area contributed by atoms with Crippen molar-refractivity contribution in [2.45, 2.75) is 0 Å². The summed E-state index contributed by atoms with van der Waals surface area (Å²) in [4.78, 5) is 9.15. The second-order valence-electron chi connectivity index (χ2n) is 10.9. The van der Waals surface area contributed by atoms with Gasteiger partial charge in [0.2, 0.25) is 0 Å². The van der Waals surface area contributed by atoms with Crippen molar-refractivity contribution in [2.75, 3.05) is 0 Å². The van der Waals surface area contributed by atoms with Crippen molar-refractivity contribution in [3.63, 3.8) is 0 Å². The first-order chi connectivity index (χ1) is 21.3. The van der Waals surface area contributed by atoms with Crippen LogP contribution in [0.25, 0.3) is 77.7 Å². The lowest BCUT2D eigenvalue weighted by atomic mass is 9.96. The van der Waals surface area contributed by atoms with Gasteiger partial charge in [-0.2, -0.15) is 0 Å². The smallest absolute Gasteiger partial charge is 0.139 e. The normalized spacial score (nSPS) is 11.3. The highest BCUT2D eigenvalue weighted by atomic mass is 14.9. The molecule has 0 unspecified atom stereocenters. The van der Waals surface area contributed by atoms with E-state index in [2.05, 4.69) is 169 Å². The molecule has 2 heteroatoms. The molecule has 43 heavy (non-hydrogen) atoms. The highest BCUT2D eigenvalue weighted by Crippen LogP contribution is 2.40. The van der Waals surface area contributed by atoms with E-state index >= 15 is 0 Å². The zero-order chi connectivity index (χ0) is 28.6. The molecular weight excluding hydrogens is 520 g/mol. The molecule has 0 aliphatic carbocycles. The van der Waals surface area contributed by atoms with Gasteiger partial charge in [-0.1, -0.05) is 158 Å². The van der Waals surface area contributed by atoms with Crippen molar-refractivity contribution in [3.8, 4) is 56.2 Å². The molecule has 0 spiro atoms. The molecule has 8 rings (SSSR count). The number of aromatic nitrogens is 2. The number of fused-ring (bicyclic) bond motifs is 2. The summed E-state index contributed by atoms with van der Waals surface area (Å²) < 4.78 is 0. The van der Waals surface area contributed by atoms with Crippen LogP contribution in [0.5, 0.6) is 0 Å². The van der Waals surface area contributed by atoms with Crippen molar-refractivity contribution in [1.82, 2.24) is 9.97 Å². The number of rotatable bonds is 5. The lowest BCUT2D eigenvalue weighted by molar-refractivity contribution is 1.32. The third kappa shape index (κ3) is 4.60. The van der Waals surface area contributed by atoms with Gasteiger partial charge in [-0.05, 0) is 49.9 Å². The van der Waals surface area contributed by atoms with Crippen LogP contribution in [0.3, 0.4) is 0 Å². The molecule has 1 heterocycles. The first kappa shape index (κ1) is 25.0. The summed E-state index contributed by atoms with van der Waals surface area (Å²) in [6.07, 6.45) is 0. The summed E-state index contributed by atoms with van der Waals surface area (Å²) in [6, 6.07) is 58.0. The van der Waals surface area contributed by atoms with Gasteiger partial charge in [0.15, 0.2) is 0 Å². The summed E-state index contributed by atoms with van der Waals surface area (Å²) >= 11 is 0. The van der Waals surface area contributed by atoms with E-state index in [4.69, 9.17) is 4.98 Å². The molecule has 0 bridgehead atoms. The van der Waals surface area contributed by atoms with Gasteiger partial charge in [0, 0.05) is 16.7 Å². The maximum absolute atomic E-state index is 5.35. The van der Waals surface area contributed by atoms with Gasteiger partial charge in [0.25, 0.3) is 0 Å². The Hall–Kier alpha value is -5.73. The fraction of sp³-hybridized carbons (Fsp3) is 0. The molecule has 7 aromatic carbocycles. The average Bonchev–Trinajstić information content (AvgIpc) is 3.53. The number of benzene rings is 7. The molecule has 1 N–H and O–H groups in total. The molecule has 0 saturated carbocycles. The van der Waals surface area contributed by atoms with Crippen LogP contribution in [0, 0.1) is 0 Å². The van der Waals surface area contributed by atoms with Gasteiger partial charge in [0.1, 0.15) is 5.82 Å². The number of hydrogen-bond acceptors (Lipinski definition) is 1. The monoisotopic (exact) mass is 548 g/mol. The Morgan fingerprint density at radius 2 is 0.791 bits per heavy atom. The topological polar surface area (TPSA) is 28.7 Å². The van der Waals surface area contributed by atoms with Crippen LogP contribution in [0.15, 0.2) is 164 Å². The van der Waals surface area contributed by atoms with E-state index in [1.807, 2.05) is 0 Å². The largest absolute Gasteiger partial charge is 0.337 e. The highest BCUT2D eigenvalue weighted by molar-refractivity contribution is 6.12. The van der Waals surface area contributed by atoms with Gasteiger partial charge >= 0.3 is 0 Å². The predicted molar refractivity (Wildman–Crippen MR) is 181 cm³/mol. The first-order valence-corrected chi connectivity index (χ1v) is 14.6. The quantitative estimate of drug-likeness (QED) is 0.213. The van der Waals surface area contributed by atoms with E-state index in [0.717, 1.165) is 33.9 Å². The third-order valence-corrected chi connectivity index (χ3v) is 8.26. The zero-order valence-electron chi connectivity index (χ0n) is 23.5. The minimum absolute atomic E-state index is 0.872. The molecule has 0 saturated heterocycles. The first-order valence-electron chi connectivity index (χ1n) is 14.6. The van der Waals surface area contributed by atoms with E-state index < -0.39 is 0 Å². The highest BCUT2D eigenvalue weighted by Gasteiger charge is 2.19. The molecule has 0 radical (unpaired) electrons. The van der Waals surface area contributed by atoms with Gasteiger partial charge in [-0.3, -0.25) is 0 Å². The second-order valence-corrected chi connectivity index (χ2v) is 10.9. The Bertz CT molecular complexity index is 2040. The van der Waals surface area contributed by atoms with Crippen molar-refractivity contribution in [3.05, 3.63) is 164 Å². The summed E-state index contributed by atoms with van der Waals surface area (Å²) in [5, 5.41) is 4.78. The minimum atomic E-state index is 0.872. The number of aromatic amines is 1. The van der Waals surface area contributed by atoms with Crippen LogP contribution in [-0.4, -0.2) is 9.97 Å². The van der Waals surface area contributed by atoms with Crippen molar-refractivity contribution in [1.29, 1.82) is 0 Å². The maximum Gasteiger partial charge on any atom is 0.139 e. The number of nitrogens with one attached hydrogen (secondary N) is 1. The number of H-pyrrole nitrogens is 1. The zero-order valence-corrected chi connectivity index (χ0v) is 23.5. The van der Waals surface area contributed by atoms with E-state index in [0.29, 0.717) is 0 Å². The Morgan fingerprint density at radius 1 is 0.372 bits per heavy atom. The van der Waals surface area contributed by atoms with Crippen LogP contribution in [0.1, 0.15) is 0 Å². The van der Waals surface area contributed by atoms with Gasteiger partial charge in [0.05, 0.1) is 11.4 Å². The molecule has 0 atom stereocenters. The fourth-order valence-electron chi connectivity index (χ4n) is 6.09. The SMILES string of the molecule is c1ccc(-c2ccc(-c3nc(-c4c5ccccc5cc5ccccc45)[nH]c3-c3ccc(-c4ccccc4)cc3)cc2)cc1. The van der Waals surface area contributed by atoms with Crippen molar-refractivity contribution in [2.24, 2.45) is 0 Å². The Balaban J connectivity index is 1.32. The summed E-state index contributed by atoms with van der Waals surface area (Å²) in [5.41, 5.74) is 10.1. The average molecular weight is 549 g/mol. The van der Waals surface area contributed by atoms with E-state index in [1.165, 1.54) is 43.8 Å². The minimum Gasteiger partial charge on any atom is -0.337 e. The van der Waals surface area contributed by atoms with Gasteiger partial charge < -0.3 is 4.98 Å². The summed E-state index contributed by atoms with van der Waals surface area (Å²) in [7, 11) is 0. The lowest BCUT2D eigenvalue weighted by Crippen LogP contribution is -1.87. The number of nitrogens with zero attached hydrogens (tertiary/aromatic N) is 1. The Morgan fingerprint density at radius 3 is 1.33 bits per heavy atom. The Labute approximate surface area is 251 Å². The molecule has 0 aliphatic heterocycles. The van der Waals surface area contributed by atoms with E-state index in [1.54, 1.807) is 0 Å². The molecule has 1 aromatic heterocycles. The summed E-state index contributed by atoms with van der Waals surface area (Å²) in [6.45, 7) is 0. The molecule has 0 fully saturated rings. The summed E-state index contributed by atoms with van der Waals surface area (Å²) in [5.74, 6) is 0.872. The lowest BCUT2D eigenvalue weighted by Gasteiger charge is -2.09. The molecule has 8 aromatic rings. The van der Waals surface area contributed by atoms with Crippen LogP contribution in [0.4, 0.5) is 0 Å². The van der Waals surface area contributed by atoms with Crippen LogP contribution in [0.2, 0.25) is 0 Å². The molecule has 0 amide bonds. The second kappa shape index (κ2) is 10.6. The van der Waals surface area contributed by atoms with E-state index in [-0.39, 0.29) is 0 Å². The fourth-order valence-corrected chi connectivity index (χ4v) is 6.09. The van der Waals surface area contributed by atoms with Crippen LogP contribution < -0.4 is 0 Å². The van der Waals surface area contributed by atoms with E-state index in [9.17, 15) is 0 Å². The molecule has 202 valence electrons. The standard InChI is InChI=1S/C41H28N2/c1-3-11-28(12-4-1)30-19-23-32(24-20-30)39-40(33-25-21-31(22-26-33)29-13-5-2-6-14-29)43-41(42-39)38-36-17-9-7-15-34(36)27-35-16-8-10-18-37(35)38/h1-27H,(H,42,43). The Kier molecular flexibility index (Phi) is 6.16. The van der Waals surface area contributed by atoms with Crippen LogP contribution >= 0.6 is 0 Å². The van der Waals surface area contributed by atoms with Gasteiger partial charge in [-0.25, -0.2) is 4.98 Å². The predicted octanol–water partition coefficient (Wildman–Crippen LogP) is 11.1. The van der Waals surface area contributed by atoms with Crippen molar-refractivity contribution >= 4 is 21.5 Å². The maximum atomic E-state index is 5.35. The molecule has 0 aliphatic rings. The van der Waals surface area contributed by atoms with Crippen molar-refractivity contribution < 1.29 is 0 Å². The molecule has 2 nitrogen and oxygen atoms in total. The number of imidazole rings is 1. The third-order valence-electron chi connectivity index (χ3n) is 8.26. The van der Waals surface area contributed by atoms with Crippen LogP contribution in [-0.2, 0) is 0 Å². The molecular formula is C41H28N2.